The number of fused-ring (bicyclic) bond motifs is 1. The van der Waals surface area contributed by atoms with Crippen LogP contribution in [-0.4, -0.2) is 41.7 Å². The second kappa shape index (κ2) is 11.3. The first-order valence-corrected chi connectivity index (χ1v) is 9.90. The Morgan fingerprint density at radius 2 is 1.94 bits per heavy atom. The van der Waals surface area contributed by atoms with Crippen molar-refractivity contribution in [1.82, 2.24) is 4.98 Å². The first-order valence-electron chi connectivity index (χ1n) is 9.46. The molecule has 0 radical (unpaired) electrons. The van der Waals surface area contributed by atoms with Gasteiger partial charge < -0.3 is 25.3 Å². The number of carbonyl (C=O) groups is 1. The Balaban J connectivity index is 0.000000423. The second-order valence-electron chi connectivity index (χ2n) is 6.41. The number of aromatic nitrogens is 1. The molecule has 2 aromatic carbocycles. The van der Waals surface area contributed by atoms with Crippen LogP contribution in [0.5, 0.6) is 11.5 Å². The van der Waals surface area contributed by atoms with Gasteiger partial charge in [-0.15, -0.1) is 18.1 Å². The average Bonchev–Trinajstić information content (AvgIpc) is 2.78. The third-order valence-electron chi connectivity index (χ3n) is 4.26. The Kier molecular flexibility index (Phi) is 8.84. The fourth-order valence-corrected chi connectivity index (χ4v) is 2.67. The van der Waals surface area contributed by atoms with Crippen LogP contribution in [0, 0.1) is 5.82 Å². The molecule has 9 heteroatoms. The van der Waals surface area contributed by atoms with E-state index in [1.165, 1.54) is 12.1 Å². The highest BCUT2D eigenvalue weighted by Crippen LogP contribution is 2.27. The Morgan fingerprint density at radius 1 is 1.26 bits per heavy atom. The molecular formula is C22H23ClFN2O5-. The number of pyridine rings is 1. The molecular weight excluding hydrogens is 427 g/mol. The molecule has 3 N–H and O–H groups in total. The maximum absolute atomic E-state index is 14.3. The van der Waals surface area contributed by atoms with Crippen LogP contribution in [0.3, 0.4) is 0 Å². The van der Waals surface area contributed by atoms with Crippen molar-refractivity contribution >= 4 is 28.5 Å². The molecule has 0 bridgehead atoms. The van der Waals surface area contributed by atoms with Crippen LogP contribution in [0.1, 0.15) is 13.3 Å². The lowest BCUT2D eigenvalue weighted by molar-refractivity contribution is -0.136. The van der Waals surface area contributed by atoms with Gasteiger partial charge in [0.05, 0.1) is 24.6 Å². The third kappa shape index (κ3) is 5.96. The van der Waals surface area contributed by atoms with E-state index in [4.69, 9.17) is 31.9 Å². The maximum atomic E-state index is 14.3. The van der Waals surface area contributed by atoms with E-state index < -0.39 is 17.2 Å². The quantitative estimate of drug-likeness (QED) is 0.500. The number of halogens is 2. The molecule has 0 saturated heterocycles. The minimum Gasteiger partial charge on any atom is -0.676 e. The van der Waals surface area contributed by atoms with Crippen molar-refractivity contribution < 1.29 is 23.8 Å². The molecule has 0 fully saturated rings. The van der Waals surface area contributed by atoms with Crippen molar-refractivity contribution in [3.63, 3.8) is 0 Å². The van der Waals surface area contributed by atoms with Gasteiger partial charge in [0, 0.05) is 11.8 Å². The summed E-state index contributed by atoms with van der Waals surface area (Å²) in [5.74, 6) is -0.522. The Hall–Kier alpha value is -3.10. The molecule has 7 nitrogen and oxygen atoms in total. The van der Waals surface area contributed by atoms with Crippen LogP contribution < -0.4 is 14.9 Å². The van der Waals surface area contributed by atoms with Gasteiger partial charge in [-0.1, -0.05) is 19.1 Å². The highest BCUT2D eigenvalue weighted by Gasteiger charge is 2.15. The SMILES string of the molecule is CCCOc1ccc(F)c2c(=O)c(-c3ccc(OC)cc3)c[nH]c12.[NH-]CC(Cl)C(=O)O. The van der Waals surface area contributed by atoms with Crippen LogP contribution >= 0.6 is 11.6 Å². The summed E-state index contributed by atoms with van der Waals surface area (Å²) in [6, 6.07) is 9.86. The topological polar surface area (TPSA) is 112 Å². The summed E-state index contributed by atoms with van der Waals surface area (Å²) in [6.45, 7) is 2.22. The number of ether oxygens (including phenoxy) is 2. The molecule has 0 saturated carbocycles. The fourth-order valence-electron chi connectivity index (χ4n) is 2.67. The van der Waals surface area contributed by atoms with Crippen LogP contribution in [0.15, 0.2) is 47.4 Å². The molecule has 31 heavy (non-hydrogen) atoms. The predicted molar refractivity (Wildman–Crippen MR) is 119 cm³/mol. The normalized spacial score (nSPS) is 11.4. The summed E-state index contributed by atoms with van der Waals surface area (Å²) in [6.07, 6.45) is 2.41. The standard InChI is InChI=1S/C19H18FNO3.C3H5ClNO2/c1-3-10-24-16-9-8-15(20)17-18(16)21-11-14(19(17)22)12-4-6-13(23-2)7-5-12;4-2(1-5)3(6)7/h4-9,11H,3,10H2,1-2H3,(H,21,22);2,5H,1H2,(H,6,7)/q;-1. The molecule has 166 valence electrons. The van der Waals surface area contributed by atoms with Crippen molar-refractivity contribution in [2.75, 3.05) is 20.3 Å². The molecule has 1 unspecified atom stereocenters. The monoisotopic (exact) mass is 449 g/mol. The van der Waals surface area contributed by atoms with Gasteiger partial charge in [-0.25, -0.2) is 4.39 Å². The molecule has 1 atom stereocenters. The van der Waals surface area contributed by atoms with E-state index in [0.717, 1.165) is 6.42 Å². The van der Waals surface area contributed by atoms with Gasteiger partial charge >= 0.3 is 5.97 Å². The van der Waals surface area contributed by atoms with Gasteiger partial charge in [0.2, 0.25) is 0 Å². The van der Waals surface area contributed by atoms with Crippen LogP contribution in [0.25, 0.3) is 27.8 Å². The lowest BCUT2D eigenvalue weighted by atomic mass is 10.0. The Morgan fingerprint density at radius 3 is 2.45 bits per heavy atom. The number of methoxy groups -OCH3 is 1. The minimum atomic E-state index is -1.13. The van der Waals surface area contributed by atoms with E-state index in [1.807, 2.05) is 6.92 Å². The highest BCUT2D eigenvalue weighted by molar-refractivity contribution is 6.29. The van der Waals surface area contributed by atoms with Crippen molar-refractivity contribution in [3.8, 4) is 22.6 Å². The molecule has 0 aliphatic carbocycles. The molecule has 1 heterocycles. The second-order valence-corrected chi connectivity index (χ2v) is 6.94. The van der Waals surface area contributed by atoms with E-state index in [-0.39, 0.29) is 17.4 Å². The zero-order valence-electron chi connectivity index (χ0n) is 17.1. The number of carboxylic acid groups (broad SMARTS) is 1. The largest absolute Gasteiger partial charge is 0.676 e. The molecule has 0 aliphatic heterocycles. The number of hydrogen-bond acceptors (Lipinski definition) is 4. The lowest BCUT2D eigenvalue weighted by Gasteiger charge is -2.10. The van der Waals surface area contributed by atoms with Gasteiger partial charge in [-0.2, -0.15) is 0 Å². The van der Waals surface area contributed by atoms with Crippen LogP contribution in [0.2, 0.25) is 0 Å². The number of aromatic amines is 1. The number of aliphatic carboxylic acids is 1. The van der Waals surface area contributed by atoms with Gasteiger partial charge in [-0.3, -0.25) is 9.59 Å². The minimum absolute atomic E-state index is 0.0110. The zero-order valence-corrected chi connectivity index (χ0v) is 17.8. The van der Waals surface area contributed by atoms with Gasteiger partial charge in [0.15, 0.2) is 5.43 Å². The number of hydrogen-bond donors (Lipinski definition) is 2. The van der Waals surface area contributed by atoms with Crippen molar-refractivity contribution in [3.05, 3.63) is 64.4 Å². The number of H-pyrrole nitrogens is 1. The Labute approximate surface area is 183 Å². The molecule has 3 aromatic rings. The summed E-state index contributed by atoms with van der Waals surface area (Å²) in [4.78, 5) is 25.5. The van der Waals surface area contributed by atoms with E-state index >= 15 is 0 Å². The molecule has 3 rings (SSSR count). The van der Waals surface area contributed by atoms with E-state index in [1.54, 1.807) is 37.6 Å². The van der Waals surface area contributed by atoms with E-state index in [0.29, 0.717) is 34.7 Å². The first-order chi connectivity index (χ1) is 14.8. The number of alkyl halides is 1. The zero-order chi connectivity index (χ0) is 23.0. The van der Waals surface area contributed by atoms with Crippen molar-refractivity contribution in [2.24, 2.45) is 0 Å². The summed E-state index contributed by atoms with van der Waals surface area (Å²) in [5.41, 5.74) is 7.53. The maximum Gasteiger partial charge on any atom is 0.319 e. The van der Waals surface area contributed by atoms with Gasteiger partial charge in [0.1, 0.15) is 22.7 Å². The third-order valence-corrected chi connectivity index (χ3v) is 4.60. The van der Waals surface area contributed by atoms with Gasteiger partial charge in [0.25, 0.3) is 0 Å². The summed E-state index contributed by atoms with van der Waals surface area (Å²) in [5, 5.41) is 6.90. The predicted octanol–water partition coefficient (Wildman–Crippen LogP) is 4.86. The number of rotatable bonds is 7. The summed E-state index contributed by atoms with van der Waals surface area (Å²) < 4.78 is 25.0. The summed E-state index contributed by atoms with van der Waals surface area (Å²) >= 11 is 5.01. The van der Waals surface area contributed by atoms with E-state index in [2.05, 4.69) is 4.98 Å². The molecule has 0 aliphatic rings. The average molecular weight is 450 g/mol. The molecule has 0 amide bonds. The first kappa shape index (κ1) is 24.2. The van der Waals surface area contributed by atoms with Crippen LogP contribution in [-0.2, 0) is 4.79 Å². The summed E-state index contributed by atoms with van der Waals surface area (Å²) in [7, 11) is 1.57. The number of benzene rings is 2. The van der Waals surface area contributed by atoms with Crippen LogP contribution in [0.4, 0.5) is 4.39 Å². The Bertz CT molecular complexity index is 1090. The van der Waals surface area contributed by atoms with Crippen molar-refractivity contribution in [2.45, 2.75) is 18.7 Å². The highest BCUT2D eigenvalue weighted by atomic mass is 35.5. The van der Waals surface area contributed by atoms with Crippen molar-refractivity contribution in [1.29, 1.82) is 0 Å². The number of nitrogens with one attached hydrogen (secondary N) is 2. The number of carboxylic acids is 1. The smallest absolute Gasteiger partial charge is 0.319 e. The lowest BCUT2D eigenvalue weighted by Crippen LogP contribution is -2.14. The molecule has 0 spiro atoms. The van der Waals surface area contributed by atoms with Gasteiger partial charge in [-0.05, 0) is 36.2 Å². The molecule has 1 aromatic heterocycles. The fraction of sp³-hybridized carbons (Fsp3) is 0.273. The van der Waals surface area contributed by atoms with E-state index in [9.17, 15) is 14.0 Å².